The predicted octanol–water partition coefficient (Wildman–Crippen LogP) is 1.40. The van der Waals surface area contributed by atoms with Crippen LogP contribution in [0.5, 0.6) is 0 Å². The number of hydrogen-bond acceptors (Lipinski definition) is 3. The molecular formula is C10H15ClN2O. The second-order valence-corrected chi connectivity index (χ2v) is 4.19. The van der Waals surface area contributed by atoms with Crippen molar-refractivity contribution in [2.45, 2.75) is 18.9 Å². The molecule has 0 aliphatic carbocycles. The van der Waals surface area contributed by atoms with Crippen LogP contribution < -0.4 is 5.73 Å². The summed E-state index contributed by atoms with van der Waals surface area (Å²) in [5, 5.41) is 0.722. The van der Waals surface area contributed by atoms with E-state index >= 15 is 0 Å². The molecule has 2 aliphatic heterocycles. The fourth-order valence-electron chi connectivity index (χ4n) is 1.93. The van der Waals surface area contributed by atoms with Crippen LogP contribution in [0.25, 0.3) is 0 Å². The van der Waals surface area contributed by atoms with Gasteiger partial charge in [-0.1, -0.05) is 11.6 Å². The highest BCUT2D eigenvalue weighted by Gasteiger charge is 2.21. The number of allylic oxidation sites excluding steroid dienone is 2. The lowest BCUT2D eigenvalue weighted by atomic mass is 10.1. The van der Waals surface area contributed by atoms with Crippen LogP contribution in [0.2, 0.25) is 0 Å². The molecule has 0 radical (unpaired) electrons. The first kappa shape index (κ1) is 9.87. The van der Waals surface area contributed by atoms with E-state index in [-0.39, 0.29) is 0 Å². The third kappa shape index (κ3) is 2.22. The Morgan fingerprint density at radius 1 is 1.43 bits per heavy atom. The van der Waals surface area contributed by atoms with Crippen LogP contribution in [-0.2, 0) is 4.74 Å². The van der Waals surface area contributed by atoms with Crippen molar-refractivity contribution in [1.29, 1.82) is 0 Å². The third-order valence-electron chi connectivity index (χ3n) is 2.64. The van der Waals surface area contributed by atoms with E-state index < -0.39 is 0 Å². The first-order valence-corrected chi connectivity index (χ1v) is 5.30. The van der Waals surface area contributed by atoms with Crippen molar-refractivity contribution in [3.63, 3.8) is 0 Å². The summed E-state index contributed by atoms with van der Waals surface area (Å²) < 4.78 is 5.32. The van der Waals surface area contributed by atoms with Crippen LogP contribution in [0, 0.1) is 0 Å². The van der Waals surface area contributed by atoms with Gasteiger partial charge in [-0.3, -0.25) is 0 Å². The summed E-state index contributed by atoms with van der Waals surface area (Å²) in [6.07, 6.45) is 5.92. The highest BCUT2D eigenvalue weighted by Crippen LogP contribution is 2.21. The molecule has 2 heterocycles. The molecule has 1 saturated heterocycles. The van der Waals surface area contributed by atoms with Gasteiger partial charge in [-0.15, -0.1) is 0 Å². The number of nitrogens with zero attached hydrogens (tertiary/aromatic N) is 1. The second kappa shape index (κ2) is 4.24. The summed E-state index contributed by atoms with van der Waals surface area (Å²) in [7, 11) is 0. The number of halogens is 1. The summed E-state index contributed by atoms with van der Waals surface area (Å²) in [4.78, 5) is 2.22. The first-order valence-electron chi connectivity index (χ1n) is 4.92. The number of hydrogen-bond donors (Lipinski definition) is 1. The molecule has 0 saturated carbocycles. The molecule has 0 aromatic heterocycles. The van der Waals surface area contributed by atoms with E-state index in [4.69, 9.17) is 22.1 Å². The first-order chi connectivity index (χ1) is 6.75. The van der Waals surface area contributed by atoms with Crippen LogP contribution in [0.1, 0.15) is 12.8 Å². The lowest BCUT2D eigenvalue weighted by molar-refractivity contribution is 0.0513. The molecule has 0 aromatic carbocycles. The fraction of sp³-hybridized carbons (Fsp3) is 0.600. The van der Waals surface area contributed by atoms with Gasteiger partial charge < -0.3 is 15.4 Å². The van der Waals surface area contributed by atoms with Crippen molar-refractivity contribution in [1.82, 2.24) is 4.90 Å². The molecule has 0 atom stereocenters. The molecule has 0 unspecified atom stereocenters. The van der Waals surface area contributed by atoms with Crippen LogP contribution >= 0.6 is 11.6 Å². The van der Waals surface area contributed by atoms with E-state index in [1.54, 1.807) is 0 Å². The quantitative estimate of drug-likeness (QED) is 0.717. The molecule has 0 spiro atoms. The Kier molecular flexibility index (Phi) is 2.99. The lowest BCUT2D eigenvalue weighted by Gasteiger charge is -2.35. The van der Waals surface area contributed by atoms with Gasteiger partial charge in [0.2, 0.25) is 0 Å². The van der Waals surface area contributed by atoms with Gasteiger partial charge in [0.15, 0.2) is 0 Å². The molecule has 2 aliphatic rings. The molecule has 2 rings (SSSR count). The van der Waals surface area contributed by atoms with E-state index in [1.165, 1.54) is 0 Å². The minimum atomic E-state index is 0.532. The Labute approximate surface area is 89.1 Å². The summed E-state index contributed by atoms with van der Waals surface area (Å²) >= 11 is 5.96. The number of rotatable bonds is 1. The molecule has 1 fully saturated rings. The van der Waals surface area contributed by atoms with Crippen molar-refractivity contribution in [2.75, 3.05) is 19.8 Å². The molecule has 4 heteroatoms. The van der Waals surface area contributed by atoms with Crippen molar-refractivity contribution < 1.29 is 4.74 Å². The fourth-order valence-corrected chi connectivity index (χ4v) is 2.19. The van der Waals surface area contributed by atoms with E-state index in [2.05, 4.69) is 4.90 Å². The van der Waals surface area contributed by atoms with Crippen molar-refractivity contribution >= 4 is 11.6 Å². The maximum atomic E-state index is 5.96. The minimum Gasteiger partial charge on any atom is -0.401 e. The summed E-state index contributed by atoms with van der Waals surface area (Å²) in [5.74, 6) is 0. The normalized spacial score (nSPS) is 24.5. The standard InChI is InChI=1S/C10H15ClN2O/c11-8-5-9(12)7-13(6-8)10-1-3-14-4-2-10/h5-6,10H,1-4,7,12H2. The average Bonchev–Trinajstić information content (AvgIpc) is 2.18. The molecule has 0 aromatic rings. The van der Waals surface area contributed by atoms with Crippen molar-refractivity contribution in [2.24, 2.45) is 5.73 Å². The molecular weight excluding hydrogens is 200 g/mol. The summed E-state index contributed by atoms with van der Waals surface area (Å²) in [6, 6.07) is 0.532. The molecule has 0 amide bonds. The van der Waals surface area contributed by atoms with E-state index in [1.807, 2.05) is 12.3 Å². The van der Waals surface area contributed by atoms with Gasteiger partial charge in [0.05, 0.1) is 11.6 Å². The van der Waals surface area contributed by atoms with Crippen molar-refractivity contribution in [3.05, 3.63) is 23.0 Å². The van der Waals surface area contributed by atoms with Crippen LogP contribution in [0.3, 0.4) is 0 Å². The van der Waals surface area contributed by atoms with Gasteiger partial charge in [0.25, 0.3) is 0 Å². The maximum absolute atomic E-state index is 5.96. The van der Waals surface area contributed by atoms with Crippen LogP contribution in [0.15, 0.2) is 23.0 Å². The topological polar surface area (TPSA) is 38.5 Å². The smallest absolute Gasteiger partial charge is 0.0582 e. The number of ether oxygens (including phenoxy) is 1. The molecule has 2 N–H and O–H groups in total. The molecule has 0 bridgehead atoms. The zero-order chi connectivity index (χ0) is 9.97. The SMILES string of the molecule is NC1=CC(Cl)=CN(C2CCOCC2)C1. The van der Waals surface area contributed by atoms with Gasteiger partial charge in [-0.2, -0.15) is 0 Å². The van der Waals surface area contributed by atoms with Gasteiger partial charge in [0.1, 0.15) is 0 Å². The monoisotopic (exact) mass is 214 g/mol. The van der Waals surface area contributed by atoms with Gasteiger partial charge in [-0.25, -0.2) is 0 Å². The van der Waals surface area contributed by atoms with Gasteiger partial charge >= 0.3 is 0 Å². The number of nitrogens with two attached hydrogens (primary N) is 1. The van der Waals surface area contributed by atoms with Crippen LogP contribution in [0.4, 0.5) is 0 Å². The Morgan fingerprint density at radius 3 is 2.79 bits per heavy atom. The van der Waals surface area contributed by atoms with E-state index in [9.17, 15) is 0 Å². The van der Waals surface area contributed by atoms with Gasteiger partial charge in [-0.05, 0) is 18.9 Å². The Balaban J connectivity index is 2.01. The zero-order valence-corrected chi connectivity index (χ0v) is 8.83. The third-order valence-corrected chi connectivity index (χ3v) is 2.84. The van der Waals surface area contributed by atoms with Crippen molar-refractivity contribution in [3.8, 4) is 0 Å². The van der Waals surface area contributed by atoms with E-state index in [0.717, 1.165) is 43.3 Å². The van der Waals surface area contributed by atoms with E-state index in [0.29, 0.717) is 6.04 Å². The van der Waals surface area contributed by atoms with Crippen LogP contribution in [-0.4, -0.2) is 30.7 Å². The Morgan fingerprint density at radius 2 is 2.14 bits per heavy atom. The second-order valence-electron chi connectivity index (χ2n) is 3.75. The zero-order valence-electron chi connectivity index (χ0n) is 8.08. The minimum absolute atomic E-state index is 0.532. The molecule has 3 nitrogen and oxygen atoms in total. The predicted molar refractivity (Wildman–Crippen MR) is 56.8 cm³/mol. The largest absolute Gasteiger partial charge is 0.401 e. The highest BCUT2D eigenvalue weighted by molar-refractivity contribution is 6.31. The summed E-state index contributed by atoms with van der Waals surface area (Å²) in [5.41, 5.74) is 6.62. The average molecular weight is 215 g/mol. The summed E-state index contributed by atoms with van der Waals surface area (Å²) in [6.45, 7) is 2.48. The highest BCUT2D eigenvalue weighted by atomic mass is 35.5. The Hall–Kier alpha value is -0.670. The Bertz CT molecular complexity index is 269. The molecule has 78 valence electrons. The molecule has 14 heavy (non-hydrogen) atoms. The maximum Gasteiger partial charge on any atom is 0.0582 e. The van der Waals surface area contributed by atoms with Gasteiger partial charge in [0, 0.05) is 31.2 Å². The lowest BCUT2D eigenvalue weighted by Crippen LogP contribution is -2.39.